The van der Waals surface area contributed by atoms with Crippen LogP contribution in [0.5, 0.6) is 0 Å². The number of hydrogen-bond donors (Lipinski definition) is 1. The lowest BCUT2D eigenvalue weighted by Gasteiger charge is -2.06. The van der Waals surface area contributed by atoms with Crippen molar-refractivity contribution in [2.75, 3.05) is 0 Å². The topological polar surface area (TPSA) is 45.5 Å². The molecule has 1 rings (SSSR count). The Balaban J connectivity index is 3.13. The molecule has 0 aromatic carbocycles. The zero-order chi connectivity index (χ0) is 10.8. The van der Waals surface area contributed by atoms with Gasteiger partial charge in [-0.05, 0) is 6.07 Å². The highest BCUT2D eigenvalue weighted by atomic mass is 35.5. The Labute approximate surface area is 81.8 Å². The first kappa shape index (κ1) is 10.8. The smallest absolute Gasteiger partial charge is 0.411 e. The molecule has 1 N–H and O–H groups in total. The van der Waals surface area contributed by atoms with Crippen molar-refractivity contribution in [2.45, 2.75) is 6.18 Å². The molecule has 1 heterocycles. The Hall–Kier alpha value is -1.30. The lowest BCUT2D eigenvalue weighted by Crippen LogP contribution is -2.06. The van der Waals surface area contributed by atoms with E-state index < -0.39 is 11.7 Å². The first-order chi connectivity index (χ1) is 6.45. The van der Waals surface area contributed by atoms with Crippen LogP contribution in [0.4, 0.5) is 13.2 Å². The molecule has 76 valence electrons. The largest absolute Gasteiger partial charge is 0.417 e. The second-order valence-electron chi connectivity index (χ2n) is 2.33. The minimum Gasteiger partial charge on any atom is -0.411 e. The van der Waals surface area contributed by atoms with Gasteiger partial charge in [-0.3, -0.25) is 4.98 Å². The number of rotatable bonds is 1. The molecular weight excluding hydrogens is 221 g/mol. The number of nitrogens with zero attached hydrogens (tertiary/aromatic N) is 2. The van der Waals surface area contributed by atoms with Crippen LogP contribution in [0.25, 0.3) is 0 Å². The van der Waals surface area contributed by atoms with Crippen LogP contribution in [0.15, 0.2) is 17.4 Å². The van der Waals surface area contributed by atoms with Crippen molar-refractivity contribution in [3.63, 3.8) is 0 Å². The van der Waals surface area contributed by atoms with Gasteiger partial charge in [0.2, 0.25) is 0 Å². The van der Waals surface area contributed by atoms with E-state index in [1.54, 1.807) is 0 Å². The number of halogens is 4. The molecule has 0 fully saturated rings. The highest BCUT2D eigenvalue weighted by Crippen LogP contribution is 2.30. The van der Waals surface area contributed by atoms with Gasteiger partial charge in [0.15, 0.2) is 0 Å². The van der Waals surface area contributed by atoms with Crippen LogP contribution in [-0.4, -0.2) is 16.4 Å². The van der Waals surface area contributed by atoms with Crippen LogP contribution >= 0.6 is 11.6 Å². The molecule has 0 saturated heterocycles. The van der Waals surface area contributed by atoms with E-state index in [-0.39, 0.29) is 10.7 Å². The van der Waals surface area contributed by atoms with Gasteiger partial charge in [-0.2, -0.15) is 13.2 Å². The highest BCUT2D eigenvalue weighted by Gasteiger charge is 2.31. The first-order valence-electron chi connectivity index (χ1n) is 3.35. The minimum atomic E-state index is -4.48. The van der Waals surface area contributed by atoms with E-state index in [2.05, 4.69) is 10.1 Å². The van der Waals surface area contributed by atoms with Crippen LogP contribution in [0.3, 0.4) is 0 Å². The van der Waals surface area contributed by atoms with E-state index in [9.17, 15) is 13.2 Å². The van der Waals surface area contributed by atoms with E-state index in [1.165, 1.54) is 0 Å². The van der Waals surface area contributed by atoms with Crippen LogP contribution in [0.1, 0.15) is 11.3 Å². The molecule has 7 heteroatoms. The van der Waals surface area contributed by atoms with Gasteiger partial charge in [0.1, 0.15) is 5.69 Å². The van der Waals surface area contributed by atoms with Gasteiger partial charge >= 0.3 is 6.18 Å². The molecule has 3 nitrogen and oxygen atoms in total. The maximum Gasteiger partial charge on any atom is 0.417 e. The molecule has 0 aliphatic heterocycles. The van der Waals surface area contributed by atoms with E-state index in [0.29, 0.717) is 12.3 Å². The summed E-state index contributed by atoms with van der Waals surface area (Å²) in [6.45, 7) is 0. The molecule has 0 aliphatic carbocycles. The molecule has 0 atom stereocenters. The zero-order valence-corrected chi connectivity index (χ0v) is 7.34. The fourth-order valence-electron chi connectivity index (χ4n) is 0.753. The molecule has 0 aliphatic rings. The van der Waals surface area contributed by atoms with Crippen molar-refractivity contribution in [3.8, 4) is 0 Å². The van der Waals surface area contributed by atoms with E-state index in [4.69, 9.17) is 16.8 Å². The summed E-state index contributed by atoms with van der Waals surface area (Å²) in [6, 6.07) is 0.714. The first-order valence-corrected chi connectivity index (χ1v) is 3.73. The monoisotopic (exact) mass is 224 g/mol. The van der Waals surface area contributed by atoms with Crippen LogP contribution < -0.4 is 0 Å². The third kappa shape index (κ3) is 2.35. The molecule has 0 bridgehead atoms. The molecule has 0 amide bonds. The van der Waals surface area contributed by atoms with Gasteiger partial charge in [-0.1, -0.05) is 16.8 Å². The Morgan fingerprint density at radius 3 is 2.57 bits per heavy atom. The van der Waals surface area contributed by atoms with Gasteiger partial charge < -0.3 is 5.21 Å². The predicted octanol–water partition coefficient (Wildman–Crippen LogP) is 2.56. The number of alkyl halides is 3. The van der Waals surface area contributed by atoms with Crippen LogP contribution in [0.2, 0.25) is 5.02 Å². The van der Waals surface area contributed by atoms with Crippen molar-refractivity contribution in [1.29, 1.82) is 0 Å². The summed E-state index contributed by atoms with van der Waals surface area (Å²) in [5.74, 6) is 0. The average Bonchev–Trinajstić information content (AvgIpc) is 2.07. The van der Waals surface area contributed by atoms with Gasteiger partial charge in [0, 0.05) is 6.20 Å². The minimum absolute atomic E-state index is 0.0258. The summed E-state index contributed by atoms with van der Waals surface area (Å²) >= 11 is 5.45. The van der Waals surface area contributed by atoms with Crippen LogP contribution in [0, 0.1) is 0 Å². The fraction of sp³-hybridized carbons (Fsp3) is 0.143. The van der Waals surface area contributed by atoms with E-state index >= 15 is 0 Å². The fourth-order valence-corrected chi connectivity index (χ4v) is 0.968. The van der Waals surface area contributed by atoms with Gasteiger partial charge in [0.25, 0.3) is 0 Å². The number of pyridine rings is 1. The molecule has 0 radical (unpaired) electrons. The van der Waals surface area contributed by atoms with Crippen molar-refractivity contribution >= 4 is 17.8 Å². The molecule has 1 aromatic heterocycles. The Kier molecular flexibility index (Phi) is 2.95. The van der Waals surface area contributed by atoms with Gasteiger partial charge in [-0.15, -0.1) is 0 Å². The SMILES string of the molecule is O/N=C/c1ncc(C(F)(F)F)cc1Cl. The quantitative estimate of drug-likeness (QED) is 0.453. The normalized spacial score (nSPS) is 12.3. The second kappa shape index (κ2) is 3.83. The third-order valence-electron chi connectivity index (χ3n) is 1.38. The molecule has 1 aromatic rings. The lowest BCUT2D eigenvalue weighted by atomic mass is 10.2. The van der Waals surface area contributed by atoms with E-state index in [0.717, 1.165) is 6.21 Å². The zero-order valence-electron chi connectivity index (χ0n) is 6.59. The molecule has 0 spiro atoms. The number of oxime groups is 1. The Morgan fingerprint density at radius 1 is 1.50 bits per heavy atom. The summed E-state index contributed by atoms with van der Waals surface area (Å²) in [5.41, 5.74) is -0.972. The number of hydrogen-bond acceptors (Lipinski definition) is 3. The van der Waals surface area contributed by atoms with E-state index in [1.807, 2.05) is 0 Å². The van der Waals surface area contributed by atoms with Crippen molar-refractivity contribution in [2.24, 2.45) is 5.16 Å². The maximum atomic E-state index is 12.1. The Morgan fingerprint density at radius 2 is 2.14 bits per heavy atom. The predicted molar refractivity (Wildman–Crippen MR) is 43.6 cm³/mol. The van der Waals surface area contributed by atoms with Crippen molar-refractivity contribution in [1.82, 2.24) is 4.98 Å². The molecular formula is C7H4ClF3N2O. The summed E-state index contributed by atoms with van der Waals surface area (Å²) in [6.07, 6.45) is -3.02. The van der Waals surface area contributed by atoms with Crippen molar-refractivity contribution < 1.29 is 18.4 Å². The molecule has 0 saturated carbocycles. The van der Waals surface area contributed by atoms with Crippen molar-refractivity contribution in [3.05, 3.63) is 28.5 Å². The maximum absolute atomic E-state index is 12.1. The summed E-state index contributed by atoms with van der Waals surface area (Å²) < 4.78 is 36.3. The Bertz CT molecular complexity index is 364. The molecule has 0 unspecified atom stereocenters. The lowest BCUT2D eigenvalue weighted by molar-refractivity contribution is -0.137. The second-order valence-corrected chi connectivity index (χ2v) is 2.74. The molecule has 14 heavy (non-hydrogen) atoms. The highest BCUT2D eigenvalue weighted by molar-refractivity contribution is 6.32. The third-order valence-corrected chi connectivity index (χ3v) is 1.68. The summed E-state index contributed by atoms with van der Waals surface area (Å²) in [4.78, 5) is 3.37. The summed E-state index contributed by atoms with van der Waals surface area (Å²) in [7, 11) is 0. The number of aromatic nitrogens is 1. The van der Waals surface area contributed by atoms with Crippen LogP contribution in [-0.2, 0) is 6.18 Å². The summed E-state index contributed by atoms with van der Waals surface area (Å²) in [5, 5.41) is 10.5. The average molecular weight is 225 g/mol. The van der Waals surface area contributed by atoms with Gasteiger partial charge in [0.05, 0.1) is 16.8 Å². The standard InChI is InChI=1S/C7H4ClF3N2O/c8-5-1-4(7(9,10)11)2-12-6(5)3-13-14/h1-3,14H/b13-3+. The van der Waals surface area contributed by atoms with Gasteiger partial charge in [-0.25, -0.2) is 0 Å².